The molecule has 0 saturated heterocycles. The molecule has 0 aliphatic heterocycles. The molecule has 0 radical (unpaired) electrons. The van der Waals surface area contributed by atoms with Crippen molar-refractivity contribution < 1.29 is 13.3 Å². The van der Waals surface area contributed by atoms with E-state index in [9.17, 15) is 8.60 Å². The van der Waals surface area contributed by atoms with Crippen LogP contribution in [0.2, 0.25) is 0 Å². The van der Waals surface area contributed by atoms with Gasteiger partial charge < -0.3 is 4.74 Å². The van der Waals surface area contributed by atoms with Crippen molar-refractivity contribution in [2.75, 3.05) is 7.11 Å². The molecule has 0 aliphatic carbocycles. The van der Waals surface area contributed by atoms with Crippen LogP contribution in [0.1, 0.15) is 5.56 Å². The monoisotopic (exact) mass is 342 g/mol. The van der Waals surface area contributed by atoms with Crippen LogP contribution in [0, 0.1) is 5.82 Å². The third kappa shape index (κ3) is 3.64. The average molecular weight is 343 g/mol. The maximum absolute atomic E-state index is 12.8. The fourth-order valence-corrected chi connectivity index (χ4v) is 3.30. The minimum Gasteiger partial charge on any atom is -0.496 e. The first-order chi connectivity index (χ1) is 9.10. The third-order valence-electron chi connectivity index (χ3n) is 2.59. The van der Waals surface area contributed by atoms with Gasteiger partial charge in [0.1, 0.15) is 11.6 Å². The molecule has 0 fully saturated rings. The van der Waals surface area contributed by atoms with Crippen LogP contribution in [0.4, 0.5) is 4.39 Å². The maximum Gasteiger partial charge on any atom is 0.133 e. The van der Waals surface area contributed by atoms with Crippen molar-refractivity contribution in [3.8, 4) is 5.75 Å². The summed E-state index contributed by atoms with van der Waals surface area (Å²) in [5, 5.41) is 0. The van der Waals surface area contributed by atoms with Gasteiger partial charge in [-0.15, -0.1) is 0 Å². The van der Waals surface area contributed by atoms with Gasteiger partial charge in [0, 0.05) is 4.90 Å². The van der Waals surface area contributed by atoms with Gasteiger partial charge in [-0.25, -0.2) is 4.39 Å². The van der Waals surface area contributed by atoms with Gasteiger partial charge in [-0.1, -0.05) is 6.07 Å². The summed E-state index contributed by atoms with van der Waals surface area (Å²) in [4.78, 5) is 0.619. The molecule has 0 saturated carbocycles. The van der Waals surface area contributed by atoms with E-state index in [2.05, 4.69) is 15.9 Å². The Labute approximate surface area is 122 Å². The molecule has 2 aromatic rings. The first kappa shape index (κ1) is 14.2. The zero-order valence-electron chi connectivity index (χ0n) is 10.2. The average Bonchev–Trinajstić information content (AvgIpc) is 2.39. The van der Waals surface area contributed by atoms with Gasteiger partial charge in [0.05, 0.1) is 28.1 Å². The second kappa shape index (κ2) is 6.30. The van der Waals surface area contributed by atoms with Gasteiger partial charge in [0.2, 0.25) is 0 Å². The normalized spacial score (nSPS) is 12.2. The largest absolute Gasteiger partial charge is 0.496 e. The van der Waals surface area contributed by atoms with E-state index in [1.165, 1.54) is 12.1 Å². The second-order valence-corrected chi connectivity index (χ2v) is 6.22. The molecule has 0 spiro atoms. The lowest BCUT2D eigenvalue weighted by molar-refractivity contribution is 0.412. The molecular formula is C14H12BrFO2S. The van der Waals surface area contributed by atoms with Crippen LogP contribution >= 0.6 is 15.9 Å². The molecule has 2 rings (SSSR count). The van der Waals surface area contributed by atoms with Gasteiger partial charge >= 0.3 is 0 Å². The first-order valence-corrected chi connectivity index (χ1v) is 7.67. The summed E-state index contributed by atoms with van der Waals surface area (Å²) < 4.78 is 30.9. The van der Waals surface area contributed by atoms with Gasteiger partial charge in [0.15, 0.2) is 0 Å². The van der Waals surface area contributed by atoms with Gasteiger partial charge in [-0.05, 0) is 57.9 Å². The van der Waals surface area contributed by atoms with E-state index in [0.29, 0.717) is 10.6 Å². The number of rotatable bonds is 4. The Morgan fingerprint density at radius 1 is 1.21 bits per heavy atom. The molecular weight excluding hydrogens is 331 g/mol. The molecule has 0 aliphatic rings. The Morgan fingerprint density at radius 3 is 2.47 bits per heavy atom. The molecule has 100 valence electrons. The molecule has 1 atom stereocenters. The standard InChI is InChI=1S/C14H12BrFO2S/c1-18-14-7-2-10(8-13(14)15)9-19(17)12-5-3-11(16)4-6-12/h2-8H,9H2,1H3. The second-order valence-electron chi connectivity index (χ2n) is 3.91. The highest BCUT2D eigenvalue weighted by molar-refractivity contribution is 9.10. The summed E-state index contributed by atoms with van der Waals surface area (Å²) in [5.74, 6) is 0.790. The van der Waals surface area contributed by atoms with Crippen molar-refractivity contribution in [2.24, 2.45) is 0 Å². The Balaban J connectivity index is 2.14. The highest BCUT2D eigenvalue weighted by atomic mass is 79.9. The molecule has 19 heavy (non-hydrogen) atoms. The zero-order valence-corrected chi connectivity index (χ0v) is 12.6. The number of benzene rings is 2. The highest BCUT2D eigenvalue weighted by Crippen LogP contribution is 2.26. The van der Waals surface area contributed by atoms with Crippen molar-refractivity contribution in [1.29, 1.82) is 0 Å². The first-order valence-electron chi connectivity index (χ1n) is 5.56. The summed E-state index contributed by atoms with van der Waals surface area (Å²) in [6.07, 6.45) is 0. The quantitative estimate of drug-likeness (QED) is 0.842. The molecule has 0 heterocycles. The van der Waals surface area contributed by atoms with Gasteiger partial charge in [0.25, 0.3) is 0 Å². The Morgan fingerprint density at radius 2 is 1.89 bits per heavy atom. The summed E-state index contributed by atoms with van der Waals surface area (Å²) in [6, 6.07) is 11.3. The summed E-state index contributed by atoms with van der Waals surface area (Å²) in [5.41, 5.74) is 0.926. The predicted molar refractivity (Wildman–Crippen MR) is 77.2 cm³/mol. The van der Waals surface area contributed by atoms with Gasteiger partial charge in [-0.3, -0.25) is 4.21 Å². The predicted octanol–water partition coefficient (Wildman–Crippen LogP) is 3.90. The van der Waals surface area contributed by atoms with Crippen LogP contribution in [0.5, 0.6) is 5.75 Å². The number of methoxy groups -OCH3 is 1. The topological polar surface area (TPSA) is 26.3 Å². The molecule has 5 heteroatoms. The molecule has 2 nitrogen and oxygen atoms in total. The van der Waals surface area contributed by atoms with Crippen LogP contribution in [0.15, 0.2) is 51.8 Å². The van der Waals surface area contributed by atoms with Crippen LogP contribution in [-0.4, -0.2) is 11.3 Å². The molecule has 0 bridgehead atoms. The van der Waals surface area contributed by atoms with Gasteiger partial charge in [-0.2, -0.15) is 0 Å². The number of ether oxygens (including phenoxy) is 1. The van der Waals surface area contributed by atoms with Crippen molar-refractivity contribution >= 4 is 26.7 Å². The van der Waals surface area contributed by atoms with E-state index < -0.39 is 10.8 Å². The number of halogens is 2. The third-order valence-corrected chi connectivity index (χ3v) is 4.60. The van der Waals surface area contributed by atoms with E-state index >= 15 is 0 Å². The highest BCUT2D eigenvalue weighted by Gasteiger charge is 2.07. The molecule has 0 amide bonds. The Hall–Kier alpha value is -1.20. The zero-order chi connectivity index (χ0) is 13.8. The van der Waals surface area contributed by atoms with Crippen molar-refractivity contribution in [3.05, 3.63) is 58.3 Å². The minimum absolute atomic E-state index is 0.326. The summed E-state index contributed by atoms with van der Waals surface area (Å²) >= 11 is 3.39. The van der Waals surface area contributed by atoms with Crippen LogP contribution in [0.25, 0.3) is 0 Å². The van der Waals surface area contributed by atoms with Crippen LogP contribution < -0.4 is 4.74 Å². The molecule has 1 unspecified atom stereocenters. The lowest BCUT2D eigenvalue weighted by Crippen LogP contribution is -1.97. The van der Waals surface area contributed by atoms with E-state index in [4.69, 9.17) is 4.74 Å². The van der Waals surface area contributed by atoms with Crippen molar-refractivity contribution in [1.82, 2.24) is 0 Å². The number of hydrogen-bond donors (Lipinski definition) is 0. The fourth-order valence-electron chi connectivity index (χ4n) is 1.62. The van der Waals surface area contributed by atoms with Crippen LogP contribution in [-0.2, 0) is 16.6 Å². The minimum atomic E-state index is -1.19. The number of hydrogen-bond acceptors (Lipinski definition) is 2. The van der Waals surface area contributed by atoms with E-state index in [1.54, 1.807) is 19.2 Å². The van der Waals surface area contributed by atoms with Crippen molar-refractivity contribution in [2.45, 2.75) is 10.6 Å². The Kier molecular flexibility index (Phi) is 4.71. The SMILES string of the molecule is COc1ccc(CS(=O)c2ccc(F)cc2)cc1Br. The Bertz CT molecular complexity index is 599. The van der Waals surface area contributed by atoms with E-state index in [0.717, 1.165) is 15.8 Å². The lowest BCUT2D eigenvalue weighted by Gasteiger charge is -2.06. The van der Waals surface area contributed by atoms with Crippen LogP contribution in [0.3, 0.4) is 0 Å². The smallest absolute Gasteiger partial charge is 0.133 e. The lowest BCUT2D eigenvalue weighted by atomic mass is 10.2. The maximum atomic E-state index is 12.8. The summed E-state index contributed by atoms with van der Waals surface area (Å²) in [7, 11) is 0.406. The van der Waals surface area contributed by atoms with E-state index in [-0.39, 0.29) is 5.82 Å². The van der Waals surface area contributed by atoms with Crippen molar-refractivity contribution in [3.63, 3.8) is 0 Å². The summed E-state index contributed by atoms with van der Waals surface area (Å²) in [6.45, 7) is 0. The van der Waals surface area contributed by atoms with E-state index in [1.807, 2.05) is 18.2 Å². The molecule has 0 N–H and O–H groups in total. The molecule has 2 aromatic carbocycles. The fraction of sp³-hybridized carbons (Fsp3) is 0.143. The molecule has 0 aromatic heterocycles.